The van der Waals surface area contributed by atoms with Crippen LogP contribution < -0.4 is 21.1 Å². The molecule has 1 aliphatic rings. The Bertz CT molecular complexity index is 1960. The van der Waals surface area contributed by atoms with Crippen LogP contribution in [0, 0.1) is 5.21 Å². The lowest BCUT2D eigenvalue weighted by atomic mass is 9.97. The fraction of sp³-hybridized carbons (Fsp3) is 0.244. The molecule has 1 aromatic heterocycles. The highest BCUT2D eigenvalue weighted by atomic mass is 32.2. The van der Waals surface area contributed by atoms with Gasteiger partial charge in [0.15, 0.2) is 12.5 Å². The van der Waals surface area contributed by atoms with Gasteiger partial charge in [0.05, 0.1) is 30.2 Å². The van der Waals surface area contributed by atoms with Gasteiger partial charge in [0.1, 0.15) is 0 Å². The second-order valence-corrected chi connectivity index (χ2v) is 13.6. The van der Waals surface area contributed by atoms with E-state index in [2.05, 4.69) is 10.6 Å². The molecule has 0 unspecified atom stereocenters. The van der Waals surface area contributed by atoms with Crippen molar-refractivity contribution in [1.29, 1.82) is 0 Å². The van der Waals surface area contributed by atoms with Gasteiger partial charge in [0, 0.05) is 49.3 Å². The second-order valence-electron chi connectivity index (χ2n) is 12.6. The fourth-order valence-electron chi connectivity index (χ4n) is 6.02. The maximum absolute atomic E-state index is 12.7. The zero-order valence-electron chi connectivity index (χ0n) is 28.7. The number of nitrogens with one attached hydrogen (secondary N) is 2. The molecule has 0 aliphatic carbocycles. The highest BCUT2D eigenvalue weighted by Crippen LogP contribution is 2.40. The number of carbonyl (C=O) groups excluding carboxylic acids is 2. The van der Waals surface area contributed by atoms with Crippen LogP contribution in [0.1, 0.15) is 60.3 Å². The van der Waals surface area contributed by atoms with E-state index in [0.717, 1.165) is 38.1 Å². The summed E-state index contributed by atoms with van der Waals surface area (Å²) in [6.45, 7) is 0.316. The fourth-order valence-corrected chi connectivity index (χ4v) is 6.95. The second kappa shape index (κ2) is 17.8. The minimum atomic E-state index is -0.632. The van der Waals surface area contributed by atoms with Crippen molar-refractivity contribution < 1.29 is 28.9 Å². The summed E-state index contributed by atoms with van der Waals surface area (Å²) < 4.78 is 13.9. The zero-order chi connectivity index (χ0) is 36.3. The molecule has 0 spiro atoms. The lowest BCUT2D eigenvalue weighted by molar-refractivity contribution is -0.645. The van der Waals surface area contributed by atoms with Gasteiger partial charge >= 0.3 is 0 Å². The molecule has 1 aliphatic heterocycles. The molecule has 2 heterocycles. The van der Waals surface area contributed by atoms with Crippen LogP contribution in [0.5, 0.6) is 0 Å². The third-order valence-corrected chi connectivity index (χ3v) is 10.0. The van der Waals surface area contributed by atoms with Crippen molar-refractivity contribution in [2.24, 2.45) is 0 Å². The molecule has 1 fully saturated rings. The van der Waals surface area contributed by atoms with Crippen molar-refractivity contribution in [3.05, 3.63) is 149 Å². The third kappa shape index (κ3) is 9.77. The van der Waals surface area contributed by atoms with E-state index < -0.39 is 6.29 Å². The minimum absolute atomic E-state index is 0.0306. The Kier molecular flexibility index (Phi) is 12.5. The molecule has 52 heavy (non-hydrogen) atoms. The van der Waals surface area contributed by atoms with Crippen LogP contribution in [0.3, 0.4) is 0 Å². The summed E-state index contributed by atoms with van der Waals surface area (Å²) in [6.07, 6.45) is 1.89. The Hall–Kier alpha value is -5.20. The smallest absolute Gasteiger partial charge is 0.251 e. The topological polar surface area (TPSA) is 150 Å². The van der Waals surface area contributed by atoms with E-state index in [9.17, 15) is 19.9 Å². The van der Waals surface area contributed by atoms with Crippen LogP contribution in [0.2, 0.25) is 0 Å². The number of rotatable bonds is 14. The Morgan fingerprint density at radius 1 is 0.846 bits per heavy atom. The SMILES string of the molecule is Nc1ccccc1NC(=O)CCCC(=O)NCc1ccccc1-c1ccc([C@@H]2O[C@H](CSc3cccc[n+]3[O-])C[C@H](c3ccc(CO)cc3)O2)cc1. The minimum Gasteiger partial charge on any atom is -0.618 e. The average molecular weight is 719 g/mol. The van der Waals surface area contributed by atoms with Crippen LogP contribution in [-0.4, -0.2) is 28.8 Å². The molecule has 6 rings (SSSR count). The maximum atomic E-state index is 12.7. The quantitative estimate of drug-likeness (QED) is 0.0423. The van der Waals surface area contributed by atoms with E-state index in [0.29, 0.717) is 41.5 Å². The molecule has 5 aromatic rings. The van der Waals surface area contributed by atoms with Crippen LogP contribution in [0.4, 0.5) is 11.4 Å². The molecule has 268 valence electrons. The maximum Gasteiger partial charge on any atom is 0.251 e. The van der Waals surface area contributed by atoms with E-state index in [1.807, 2.05) is 78.9 Å². The Morgan fingerprint density at radius 3 is 2.33 bits per heavy atom. The van der Waals surface area contributed by atoms with Gasteiger partial charge in [-0.15, -0.1) is 0 Å². The molecule has 4 aromatic carbocycles. The summed E-state index contributed by atoms with van der Waals surface area (Å²) in [4.78, 5) is 25.0. The molecule has 3 atom stereocenters. The molecule has 1 saturated heterocycles. The first kappa shape index (κ1) is 36.6. The van der Waals surface area contributed by atoms with Crippen molar-refractivity contribution in [2.75, 3.05) is 16.8 Å². The van der Waals surface area contributed by atoms with Crippen molar-refractivity contribution in [3.8, 4) is 11.1 Å². The van der Waals surface area contributed by atoms with E-state index in [1.165, 1.54) is 18.0 Å². The molecule has 5 N–H and O–H groups in total. The number of aromatic nitrogens is 1. The van der Waals surface area contributed by atoms with Crippen molar-refractivity contribution >= 4 is 35.0 Å². The number of hydrogen-bond donors (Lipinski definition) is 4. The number of ether oxygens (including phenoxy) is 2. The number of aliphatic hydroxyl groups is 1. The first-order valence-electron chi connectivity index (χ1n) is 17.3. The number of hydrogen-bond acceptors (Lipinski definition) is 8. The number of aliphatic hydroxyl groups excluding tert-OH is 1. The summed E-state index contributed by atoms with van der Waals surface area (Å²) >= 11 is 1.45. The number of anilines is 2. The van der Waals surface area contributed by atoms with E-state index in [4.69, 9.17) is 15.2 Å². The van der Waals surface area contributed by atoms with Crippen LogP contribution in [0.15, 0.2) is 126 Å². The highest BCUT2D eigenvalue weighted by molar-refractivity contribution is 7.99. The largest absolute Gasteiger partial charge is 0.618 e. The molecule has 0 bridgehead atoms. The van der Waals surface area contributed by atoms with Crippen LogP contribution in [0.25, 0.3) is 11.1 Å². The Labute approximate surface area is 307 Å². The highest BCUT2D eigenvalue weighted by Gasteiger charge is 2.32. The molecule has 2 amide bonds. The van der Waals surface area contributed by atoms with Crippen LogP contribution in [-0.2, 0) is 32.2 Å². The number of benzene rings is 4. The van der Waals surface area contributed by atoms with Crippen molar-refractivity contribution in [2.45, 2.75) is 62.4 Å². The number of amides is 2. The summed E-state index contributed by atoms with van der Waals surface area (Å²) in [5, 5.41) is 28.2. The van der Waals surface area contributed by atoms with E-state index >= 15 is 0 Å². The Morgan fingerprint density at radius 2 is 1.56 bits per heavy atom. The van der Waals surface area contributed by atoms with Gasteiger partial charge < -0.3 is 36.2 Å². The summed E-state index contributed by atoms with van der Waals surface area (Å²) in [7, 11) is 0. The molecular weight excluding hydrogens is 677 g/mol. The number of nitrogens with zero attached hydrogens (tertiary/aromatic N) is 1. The van der Waals surface area contributed by atoms with Gasteiger partial charge in [0.25, 0.3) is 5.03 Å². The van der Waals surface area contributed by atoms with Gasteiger partial charge in [0.2, 0.25) is 11.8 Å². The number of nitrogens with two attached hydrogens (primary N) is 1. The standard InChI is InChI=1S/C41H42N4O6S/c42-35-10-3-4-11-36(35)44-39(48)13-7-12-38(47)43-25-32-8-1-2-9-34(32)29-19-21-31(22-20-29)41-50-33(27-52-40-14-5-6-23-45(40)49)24-37(51-41)30-17-15-28(26-46)16-18-30/h1-6,8-11,14-23,33,37,41,46H,7,12-13,24-27,42H2,(H,43,47)(H,44,48)/t33-,37+,41+/m0/s1. The molecule has 0 radical (unpaired) electrons. The zero-order valence-corrected chi connectivity index (χ0v) is 29.5. The monoisotopic (exact) mass is 718 g/mol. The summed E-state index contributed by atoms with van der Waals surface area (Å²) in [6, 6.07) is 36.1. The number of thioether (sulfide) groups is 1. The summed E-state index contributed by atoms with van der Waals surface area (Å²) in [5.74, 6) is 0.258. The lowest BCUT2D eigenvalue weighted by Crippen LogP contribution is -2.32. The van der Waals surface area contributed by atoms with Gasteiger partial charge in [-0.3, -0.25) is 9.59 Å². The number of nitrogen functional groups attached to an aromatic ring is 1. The predicted molar refractivity (Wildman–Crippen MR) is 202 cm³/mol. The van der Waals surface area contributed by atoms with Crippen molar-refractivity contribution in [3.63, 3.8) is 0 Å². The van der Waals surface area contributed by atoms with E-state index in [1.54, 1.807) is 36.4 Å². The predicted octanol–water partition coefficient (Wildman–Crippen LogP) is 6.82. The summed E-state index contributed by atoms with van der Waals surface area (Å²) in [5.41, 5.74) is 12.6. The van der Waals surface area contributed by atoms with Gasteiger partial charge in [-0.25, -0.2) is 0 Å². The number of para-hydroxylation sites is 2. The third-order valence-electron chi connectivity index (χ3n) is 8.85. The average Bonchev–Trinajstić information content (AvgIpc) is 3.18. The first-order chi connectivity index (χ1) is 25.4. The molecule has 11 heteroatoms. The molecular formula is C41H42N4O6S. The molecule has 0 saturated carbocycles. The van der Waals surface area contributed by atoms with Gasteiger partial charge in [-0.1, -0.05) is 96.7 Å². The Balaban J connectivity index is 1.08. The van der Waals surface area contributed by atoms with Gasteiger partial charge in [-0.2, -0.15) is 4.73 Å². The van der Waals surface area contributed by atoms with Gasteiger partial charge in [-0.05, 0) is 52.4 Å². The normalized spacial score (nSPS) is 17.0. The molecule has 10 nitrogen and oxygen atoms in total. The van der Waals surface area contributed by atoms with E-state index in [-0.39, 0.29) is 43.5 Å². The van der Waals surface area contributed by atoms with Crippen LogP contribution >= 0.6 is 11.8 Å². The number of pyridine rings is 1. The number of carbonyl (C=O) groups is 2. The lowest BCUT2D eigenvalue weighted by Gasteiger charge is -2.36. The van der Waals surface area contributed by atoms with Crippen molar-refractivity contribution in [1.82, 2.24) is 5.32 Å². The first-order valence-corrected chi connectivity index (χ1v) is 18.3.